The molecule has 4 aromatic carbocycles. The number of benzene rings is 4. The van der Waals surface area contributed by atoms with E-state index >= 15 is 0 Å². The van der Waals surface area contributed by atoms with Crippen LogP contribution in [0.1, 0.15) is 23.3 Å². The predicted molar refractivity (Wildman–Crippen MR) is 88.9 cm³/mol. The van der Waals surface area contributed by atoms with Crippen LogP contribution in [0.25, 0.3) is 32.3 Å². The molecule has 0 saturated carbocycles. The van der Waals surface area contributed by atoms with Gasteiger partial charge < -0.3 is 10.2 Å². The van der Waals surface area contributed by atoms with Crippen LogP contribution < -0.4 is 0 Å². The van der Waals surface area contributed by atoms with Gasteiger partial charge in [-0.2, -0.15) is 0 Å². The minimum atomic E-state index is -0.882. The third-order valence-electron chi connectivity index (χ3n) is 4.86. The maximum atomic E-state index is 10.6. The summed E-state index contributed by atoms with van der Waals surface area (Å²) in [6.07, 6.45) is -1.75. The standard InChI is InChI=1S/C20H14O2/c21-19-15-7-3-5-11-8-9-14-13-6-2-1-4-12(13)10-16(20(19)22)18(14)17(11)15/h1-10,19-22H/t19-,20-/m1/s1. The van der Waals surface area contributed by atoms with Gasteiger partial charge in [0.05, 0.1) is 0 Å². The normalized spacial score (nSPS) is 20.3. The highest BCUT2D eigenvalue weighted by molar-refractivity contribution is 6.20. The van der Waals surface area contributed by atoms with Crippen molar-refractivity contribution in [2.24, 2.45) is 0 Å². The summed E-state index contributed by atoms with van der Waals surface area (Å²) >= 11 is 0. The molecule has 0 fully saturated rings. The van der Waals surface area contributed by atoms with E-state index in [1.54, 1.807) is 0 Å². The Morgan fingerprint density at radius 2 is 1.36 bits per heavy atom. The van der Waals surface area contributed by atoms with E-state index in [-0.39, 0.29) is 0 Å². The molecule has 22 heavy (non-hydrogen) atoms. The molecular formula is C20H14O2. The van der Waals surface area contributed by atoms with Crippen molar-refractivity contribution in [1.82, 2.24) is 0 Å². The number of hydrogen-bond acceptors (Lipinski definition) is 2. The molecule has 2 N–H and O–H groups in total. The number of aliphatic hydroxyl groups excluding tert-OH is 2. The van der Waals surface area contributed by atoms with E-state index in [0.717, 1.165) is 38.1 Å². The molecular weight excluding hydrogens is 272 g/mol. The van der Waals surface area contributed by atoms with Crippen LogP contribution in [0.2, 0.25) is 0 Å². The van der Waals surface area contributed by atoms with Crippen LogP contribution in [0.15, 0.2) is 60.7 Å². The van der Waals surface area contributed by atoms with Crippen LogP contribution in [0.5, 0.6) is 0 Å². The van der Waals surface area contributed by atoms with Gasteiger partial charge in [-0.1, -0.05) is 54.6 Å². The second-order valence-electron chi connectivity index (χ2n) is 6.01. The Bertz CT molecular complexity index is 1070. The van der Waals surface area contributed by atoms with E-state index in [2.05, 4.69) is 30.3 Å². The van der Waals surface area contributed by atoms with Crippen LogP contribution in [-0.2, 0) is 0 Å². The van der Waals surface area contributed by atoms with Gasteiger partial charge in [-0.05, 0) is 49.5 Å². The van der Waals surface area contributed by atoms with Crippen LogP contribution in [0.3, 0.4) is 0 Å². The maximum Gasteiger partial charge on any atom is 0.110 e. The van der Waals surface area contributed by atoms with Gasteiger partial charge in [0.2, 0.25) is 0 Å². The van der Waals surface area contributed by atoms with Gasteiger partial charge in [0.1, 0.15) is 12.2 Å². The smallest absolute Gasteiger partial charge is 0.110 e. The molecule has 0 saturated heterocycles. The minimum absolute atomic E-state index is 0.818. The summed E-state index contributed by atoms with van der Waals surface area (Å²) in [5, 5.41) is 27.8. The Hall–Kier alpha value is -2.42. The monoisotopic (exact) mass is 286 g/mol. The van der Waals surface area contributed by atoms with Crippen LogP contribution in [-0.4, -0.2) is 10.2 Å². The molecule has 4 aromatic rings. The topological polar surface area (TPSA) is 40.5 Å². The Labute approximate surface area is 127 Å². The molecule has 0 spiro atoms. The van der Waals surface area contributed by atoms with E-state index < -0.39 is 12.2 Å². The molecule has 1 aliphatic rings. The second-order valence-corrected chi connectivity index (χ2v) is 6.01. The maximum absolute atomic E-state index is 10.6. The van der Waals surface area contributed by atoms with Gasteiger partial charge in [0.15, 0.2) is 0 Å². The second kappa shape index (κ2) is 4.07. The van der Waals surface area contributed by atoms with E-state index in [4.69, 9.17) is 0 Å². The SMILES string of the molecule is O[C@@H]1c2cccc3ccc4c5ccccc5cc(c4c23)[C@H]1O. The molecule has 0 radical (unpaired) electrons. The molecule has 2 atom stereocenters. The number of rotatable bonds is 0. The first kappa shape index (κ1) is 12.2. The molecule has 106 valence electrons. The van der Waals surface area contributed by atoms with E-state index in [1.165, 1.54) is 5.39 Å². The number of aliphatic hydroxyl groups is 2. The third-order valence-corrected chi connectivity index (χ3v) is 4.86. The zero-order valence-electron chi connectivity index (χ0n) is 11.8. The van der Waals surface area contributed by atoms with Gasteiger partial charge in [0.25, 0.3) is 0 Å². The summed E-state index contributed by atoms with van der Waals surface area (Å²) in [6.45, 7) is 0. The van der Waals surface area contributed by atoms with Crippen LogP contribution in [0, 0.1) is 0 Å². The van der Waals surface area contributed by atoms with Crippen molar-refractivity contribution in [2.45, 2.75) is 12.2 Å². The van der Waals surface area contributed by atoms with E-state index in [0.29, 0.717) is 0 Å². The molecule has 1 aliphatic carbocycles. The lowest BCUT2D eigenvalue weighted by Gasteiger charge is -2.28. The van der Waals surface area contributed by atoms with Gasteiger partial charge >= 0.3 is 0 Å². The van der Waals surface area contributed by atoms with Crippen molar-refractivity contribution in [1.29, 1.82) is 0 Å². The fourth-order valence-corrected chi connectivity index (χ4v) is 3.86. The molecule has 5 rings (SSSR count). The van der Waals surface area contributed by atoms with Gasteiger partial charge in [-0.3, -0.25) is 0 Å². The quantitative estimate of drug-likeness (QED) is 0.475. The lowest BCUT2D eigenvalue weighted by atomic mass is 9.81. The average molecular weight is 286 g/mol. The molecule has 0 aliphatic heterocycles. The van der Waals surface area contributed by atoms with Crippen molar-refractivity contribution >= 4 is 32.3 Å². The molecule has 2 heteroatoms. The van der Waals surface area contributed by atoms with Gasteiger partial charge in [-0.15, -0.1) is 0 Å². The molecule has 0 amide bonds. The summed E-state index contributed by atoms with van der Waals surface area (Å²) in [7, 11) is 0. The van der Waals surface area contributed by atoms with E-state index in [9.17, 15) is 10.2 Å². The fraction of sp³-hybridized carbons (Fsp3) is 0.100. The summed E-state index contributed by atoms with van der Waals surface area (Å²) in [5.41, 5.74) is 1.64. The first-order valence-electron chi connectivity index (χ1n) is 7.49. The minimum Gasteiger partial charge on any atom is -0.385 e. The van der Waals surface area contributed by atoms with Crippen molar-refractivity contribution in [2.75, 3.05) is 0 Å². The Balaban J connectivity index is 2.15. The summed E-state index contributed by atoms with van der Waals surface area (Å²) in [6, 6.07) is 20.3. The average Bonchev–Trinajstić information content (AvgIpc) is 2.57. The van der Waals surface area contributed by atoms with Crippen molar-refractivity contribution in [3.8, 4) is 0 Å². The Kier molecular flexibility index (Phi) is 2.25. The van der Waals surface area contributed by atoms with Crippen LogP contribution >= 0.6 is 0 Å². The first-order valence-corrected chi connectivity index (χ1v) is 7.49. The molecule has 2 nitrogen and oxygen atoms in total. The van der Waals surface area contributed by atoms with Gasteiger partial charge in [0, 0.05) is 0 Å². The van der Waals surface area contributed by atoms with Crippen LogP contribution in [0.4, 0.5) is 0 Å². The summed E-state index contributed by atoms with van der Waals surface area (Å²) in [4.78, 5) is 0. The van der Waals surface area contributed by atoms with Crippen molar-refractivity contribution < 1.29 is 10.2 Å². The summed E-state index contributed by atoms with van der Waals surface area (Å²) < 4.78 is 0. The number of fused-ring (bicyclic) bond motifs is 2. The largest absolute Gasteiger partial charge is 0.385 e. The fourth-order valence-electron chi connectivity index (χ4n) is 3.86. The van der Waals surface area contributed by atoms with Gasteiger partial charge in [-0.25, -0.2) is 0 Å². The third kappa shape index (κ3) is 1.36. The number of hydrogen-bond donors (Lipinski definition) is 2. The Morgan fingerprint density at radius 3 is 2.27 bits per heavy atom. The predicted octanol–water partition coefficient (Wildman–Crippen LogP) is 4.23. The van der Waals surface area contributed by atoms with E-state index in [1.807, 2.05) is 30.3 Å². The molecule has 0 bridgehead atoms. The summed E-state index contributed by atoms with van der Waals surface area (Å²) in [5.74, 6) is 0. The zero-order valence-corrected chi connectivity index (χ0v) is 11.8. The molecule has 0 aromatic heterocycles. The highest BCUT2D eigenvalue weighted by Gasteiger charge is 2.30. The Morgan fingerprint density at radius 1 is 0.591 bits per heavy atom. The van der Waals surface area contributed by atoms with Crippen molar-refractivity contribution in [3.63, 3.8) is 0 Å². The van der Waals surface area contributed by atoms with Crippen molar-refractivity contribution in [3.05, 3.63) is 71.8 Å². The highest BCUT2D eigenvalue weighted by Crippen LogP contribution is 2.46. The lowest BCUT2D eigenvalue weighted by molar-refractivity contribution is 0.0179. The lowest BCUT2D eigenvalue weighted by Crippen LogP contribution is -2.15. The first-order chi connectivity index (χ1) is 10.8. The highest BCUT2D eigenvalue weighted by atomic mass is 16.3. The molecule has 0 unspecified atom stereocenters. The molecule has 0 heterocycles. The zero-order chi connectivity index (χ0) is 14.8.